The molecule has 4 unspecified atom stereocenters. The number of likely N-dealkylation sites (N-methyl/N-ethyl adjacent to an activating group) is 1. The van der Waals surface area contributed by atoms with Crippen molar-refractivity contribution in [2.45, 2.75) is 63.0 Å². The van der Waals surface area contributed by atoms with Crippen molar-refractivity contribution in [1.82, 2.24) is 35.0 Å². The summed E-state index contributed by atoms with van der Waals surface area (Å²) in [6.45, 7) is 8.94. The molecule has 6 aliphatic rings. The summed E-state index contributed by atoms with van der Waals surface area (Å²) in [4.78, 5) is 50.5. The zero-order valence-corrected chi connectivity index (χ0v) is 41.3. The fourth-order valence-corrected chi connectivity index (χ4v) is 10.5. The van der Waals surface area contributed by atoms with Gasteiger partial charge in [0.1, 0.15) is 11.0 Å². The molecule has 0 radical (unpaired) electrons. The number of hydrogen-bond acceptors (Lipinski definition) is 11. The molecule has 4 aromatic rings. The fourth-order valence-electron chi connectivity index (χ4n) is 10.5. The minimum Gasteiger partial charge on any atom is -0.379 e. The van der Waals surface area contributed by atoms with Crippen LogP contribution in [0.4, 0.5) is 37.7 Å². The number of pyridine rings is 1. The van der Waals surface area contributed by atoms with Crippen LogP contribution in [0.25, 0.3) is 21.9 Å². The third-order valence-corrected chi connectivity index (χ3v) is 14.4. The van der Waals surface area contributed by atoms with Gasteiger partial charge in [-0.2, -0.15) is 26.3 Å². The van der Waals surface area contributed by atoms with Gasteiger partial charge in [-0.15, -0.1) is 0 Å². The van der Waals surface area contributed by atoms with Gasteiger partial charge in [-0.1, -0.05) is 22.6 Å². The number of hydrogen-bond donors (Lipinski definition) is 1. The predicted octanol–water partition coefficient (Wildman–Crippen LogP) is 7.40. The van der Waals surface area contributed by atoms with E-state index in [2.05, 4.69) is 62.5 Å². The van der Waals surface area contributed by atoms with Gasteiger partial charge in [-0.25, -0.2) is 0 Å². The molecule has 376 valence electrons. The third kappa shape index (κ3) is 12.9. The molecular weight excluding hydrogens is 1020 g/mol. The standard InChI is InChI=1S/C25H31F3N4O2.C23H28F3N5O2.CH3I/c1-30(23(33)16-31-9-11-34-12-10-31)19-13-18(17-4-5-17)14-32(15-19)22-7-6-21(25(26,27)28)24-20(22)3-2-8-29-24;24-23(25,26)18-3-4-19(22-21(18)27-5-6-28-22)31-12-16(15-1-2-15)11-17(13-31)29-20(32)14-30-7-9-33-10-8-30;1-2/h2-3,6-8,17-19H,4-5,9-16H2,1H3;3-6,15-17H,1-2,7-14H2,(H,29,32);1H3. The molecule has 6 heterocycles. The van der Waals surface area contributed by atoms with Crippen molar-refractivity contribution in [2.75, 3.05) is 114 Å². The maximum Gasteiger partial charge on any atom is 0.418 e. The van der Waals surface area contributed by atoms with E-state index in [4.69, 9.17) is 9.47 Å². The number of amides is 2. The number of carbonyl (C=O) groups excluding carboxylic acids is 2. The molecule has 0 bridgehead atoms. The minimum absolute atomic E-state index is 0.0157. The monoisotopic (exact) mass is 1080 g/mol. The maximum absolute atomic E-state index is 13.6. The van der Waals surface area contributed by atoms with Crippen molar-refractivity contribution in [3.63, 3.8) is 0 Å². The Balaban J connectivity index is 0.000000180. The summed E-state index contributed by atoms with van der Waals surface area (Å²) in [5.41, 5.74) is 0.0160. The molecule has 2 aromatic carbocycles. The second-order valence-corrected chi connectivity index (χ2v) is 19.1. The summed E-state index contributed by atoms with van der Waals surface area (Å²) in [5, 5.41) is 3.69. The number of alkyl halides is 7. The van der Waals surface area contributed by atoms with Gasteiger partial charge in [0.2, 0.25) is 11.8 Å². The molecule has 4 aliphatic heterocycles. The van der Waals surface area contributed by atoms with Crippen molar-refractivity contribution in [2.24, 2.45) is 23.7 Å². The number of piperidine rings is 2. The zero-order valence-electron chi connectivity index (χ0n) is 39.2. The number of benzene rings is 2. The van der Waals surface area contributed by atoms with Gasteiger partial charge in [0.15, 0.2) is 0 Å². The van der Waals surface area contributed by atoms with E-state index >= 15 is 0 Å². The summed E-state index contributed by atoms with van der Waals surface area (Å²) in [6, 6.07) is 8.68. The highest BCUT2D eigenvalue weighted by Gasteiger charge is 2.42. The molecule has 4 saturated heterocycles. The maximum atomic E-state index is 13.6. The third-order valence-electron chi connectivity index (χ3n) is 14.4. The number of morpholine rings is 2. The van der Waals surface area contributed by atoms with Crippen LogP contribution in [0.3, 0.4) is 0 Å². The van der Waals surface area contributed by atoms with Crippen LogP contribution < -0.4 is 15.1 Å². The van der Waals surface area contributed by atoms with Gasteiger partial charge in [-0.05, 0) is 104 Å². The van der Waals surface area contributed by atoms with E-state index in [0.29, 0.717) is 87.4 Å². The summed E-state index contributed by atoms with van der Waals surface area (Å²) in [6.07, 6.45) is 1.70. The first-order chi connectivity index (χ1) is 33.2. The number of ether oxygens (including phenoxy) is 2. The number of rotatable bonds is 10. The lowest BCUT2D eigenvalue weighted by Crippen LogP contribution is -2.54. The molecule has 1 N–H and O–H groups in total. The molecule has 10 rings (SSSR count). The Kier molecular flexibility index (Phi) is 16.7. The summed E-state index contributed by atoms with van der Waals surface area (Å²) in [7, 11) is 1.87. The van der Waals surface area contributed by atoms with Gasteiger partial charge in [0, 0.05) is 101 Å². The average Bonchev–Trinajstić information content (AvgIpc) is 4.29. The lowest BCUT2D eigenvalue weighted by Gasteiger charge is -2.43. The second-order valence-electron chi connectivity index (χ2n) is 19.1. The normalized spacial score (nSPS) is 24.0. The van der Waals surface area contributed by atoms with E-state index in [1.807, 2.05) is 16.9 Å². The molecule has 2 saturated carbocycles. The van der Waals surface area contributed by atoms with Crippen molar-refractivity contribution in [3.05, 3.63) is 66.1 Å². The average molecular weight is 1080 g/mol. The van der Waals surface area contributed by atoms with E-state index in [9.17, 15) is 35.9 Å². The van der Waals surface area contributed by atoms with Crippen molar-refractivity contribution in [1.29, 1.82) is 0 Å². The van der Waals surface area contributed by atoms with Gasteiger partial charge in [-0.3, -0.25) is 34.3 Å². The first kappa shape index (κ1) is 51.2. The quantitative estimate of drug-likeness (QED) is 0.0973. The first-order valence-electron chi connectivity index (χ1n) is 24.0. The van der Waals surface area contributed by atoms with Crippen LogP contribution in [0, 0.1) is 23.7 Å². The molecule has 13 nitrogen and oxygen atoms in total. The number of nitrogens with one attached hydrogen (secondary N) is 1. The van der Waals surface area contributed by atoms with Crippen LogP contribution >= 0.6 is 22.6 Å². The number of anilines is 2. The Labute approximate surface area is 412 Å². The Morgan fingerprint density at radius 1 is 0.652 bits per heavy atom. The van der Waals surface area contributed by atoms with Gasteiger partial charge < -0.3 is 29.5 Å². The van der Waals surface area contributed by atoms with E-state index < -0.39 is 23.5 Å². The Morgan fingerprint density at radius 2 is 1.17 bits per heavy atom. The SMILES string of the molecule is CI.CN(C(=O)CN1CCOCC1)C1CC(C2CC2)CN(c2ccc(C(F)(F)F)c3ncccc23)C1.O=C(CN1CCOCC1)NC1CC(C2CC2)CN(c2ccc(C(F)(F)F)c3nccnc23)C1. The molecule has 20 heteroatoms. The fraction of sp³-hybridized carbons (Fsp3) is 0.612. The summed E-state index contributed by atoms with van der Waals surface area (Å²) >= 11 is 2.15. The smallest absolute Gasteiger partial charge is 0.379 e. The molecule has 4 atom stereocenters. The largest absolute Gasteiger partial charge is 0.418 e. The highest BCUT2D eigenvalue weighted by atomic mass is 127. The first-order valence-corrected chi connectivity index (χ1v) is 26.1. The van der Waals surface area contributed by atoms with E-state index in [1.54, 1.807) is 18.2 Å². The summed E-state index contributed by atoms with van der Waals surface area (Å²) in [5.74, 6) is 2.12. The van der Waals surface area contributed by atoms with Crippen LogP contribution in [0.5, 0.6) is 0 Å². The highest BCUT2D eigenvalue weighted by molar-refractivity contribution is 14.1. The number of carbonyl (C=O) groups is 2. The van der Waals surface area contributed by atoms with Gasteiger partial charge >= 0.3 is 12.4 Å². The molecule has 69 heavy (non-hydrogen) atoms. The van der Waals surface area contributed by atoms with E-state index in [0.717, 1.165) is 69.9 Å². The molecule has 2 amide bonds. The second kappa shape index (κ2) is 22.5. The van der Waals surface area contributed by atoms with Crippen LogP contribution in [-0.2, 0) is 31.4 Å². The van der Waals surface area contributed by atoms with Gasteiger partial charge in [0.05, 0.1) is 61.8 Å². The lowest BCUT2D eigenvalue weighted by atomic mass is 9.88. The highest BCUT2D eigenvalue weighted by Crippen LogP contribution is 2.46. The molecule has 2 aliphatic carbocycles. The van der Waals surface area contributed by atoms with E-state index in [-0.39, 0.29) is 40.4 Å². The molecule has 2 aromatic heterocycles. The van der Waals surface area contributed by atoms with Crippen molar-refractivity contribution >= 4 is 67.7 Å². The Morgan fingerprint density at radius 3 is 1.77 bits per heavy atom. The molecular formula is C49H62F6IN9O4. The van der Waals surface area contributed by atoms with Crippen molar-refractivity contribution < 1.29 is 45.4 Å². The number of fused-ring (bicyclic) bond motifs is 2. The summed E-state index contributed by atoms with van der Waals surface area (Å²) < 4.78 is 92.1. The molecule has 0 spiro atoms. The van der Waals surface area contributed by atoms with Crippen LogP contribution in [-0.4, -0.2) is 157 Å². The minimum atomic E-state index is -4.50. The van der Waals surface area contributed by atoms with Crippen LogP contribution in [0.2, 0.25) is 0 Å². The van der Waals surface area contributed by atoms with Crippen LogP contribution in [0.15, 0.2) is 55.0 Å². The zero-order chi connectivity index (χ0) is 48.9. The number of nitrogens with zero attached hydrogens (tertiary/aromatic N) is 8. The number of halogens is 7. The van der Waals surface area contributed by atoms with Crippen LogP contribution in [0.1, 0.15) is 49.7 Å². The Bertz CT molecular complexity index is 2380. The topological polar surface area (TPSA) is 120 Å². The van der Waals surface area contributed by atoms with Gasteiger partial charge in [0.25, 0.3) is 0 Å². The predicted molar refractivity (Wildman–Crippen MR) is 260 cm³/mol. The van der Waals surface area contributed by atoms with E-state index in [1.165, 1.54) is 50.3 Å². The Hall–Kier alpha value is -4.12. The lowest BCUT2D eigenvalue weighted by molar-refractivity contribution is -0.137. The molecule has 6 fully saturated rings. The van der Waals surface area contributed by atoms with Crippen molar-refractivity contribution in [3.8, 4) is 0 Å². The number of aromatic nitrogens is 3.